The Kier molecular flexibility index (Phi) is 6.56. The van der Waals surface area contributed by atoms with Gasteiger partial charge in [-0.1, -0.05) is 11.6 Å². The van der Waals surface area contributed by atoms with Crippen molar-refractivity contribution in [2.45, 2.75) is 37.5 Å². The molecule has 5 rings (SSSR count). The van der Waals surface area contributed by atoms with Gasteiger partial charge in [0, 0.05) is 26.2 Å². The van der Waals surface area contributed by atoms with Gasteiger partial charge in [0.1, 0.15) is 6.07 Å². The summed E-state index contributed by atoms with van der Waals surface area (Å²) < 4.78 is 6.94. The van der Waals surface area contributed by atoms with Crippen LogP contribution in [0.1, 0.15) is 30.5 Å². The van der Waals surface area contributed by atoms with Crippen molar-refractivity contribution in [3.05, 3.63) is 34.6 Å². The van der Waals surface area contributed by atoms with E-state index in [0.29, 0.717) is 52.9 Å². The number of halogens is 1. The number of methoxy groups -OCH3 is 1. The van der Waals surface area contributed by atoms with Crippen molar-refractivity contribution >= 4 is 46.5 Å². The standard InChI is InChI=1S/C23H23ClN10O3/c1-37-18-11-33(5-4-15(18)30-23(35)36)17-7-12(8-25)6-16(19(17)24)29-22-31-20(28-13-2-3-13)21-27-10-14(9-26)34(21)32-22/h6-7,10,13,15,18,30H,2-5,11H2,1H3,(H,35,36)(H2,28,29,31,32)/t15-,18+/m1/s1. The first kappa shape index (κ1) is 24.4. The molecule has 1 saturated carbocycles. The molecule has 37 heavy (non-hydrogen) atoms. The van der Waals surface area contributed by atoms with Crippen molar-refractivity contribution in [1.29, 1.82) is 10.5 Å². The summed E-state index contributed by atoms with van der Waals surface area (Å²) in [5.41, 5.74) is 2.05. The van der Waals surface area contributed by atoms with E-state index >= 15 is 0 Å². The molecule has 0 bridgehead atoms. The lowest BCUT2D eigenvalue weighted by Gasteiger charge is -2.39. The number of hydrogen-bond donors (Lipinski definition) is 4. The second-order valence-corrected chi connectivity index (χ2v) is 9.23. The van der Waals surface area contributed by atoms with Gasteiger partial charge in [-0.2, -0.15) is 20.0 Å². The molecule has 1 aliphatic carbocycles. The maximum absolute atomic E-state index is 11.1. The molecule has 0 spiro atoms. The summed E-state index contributed by atoms with van der Waals surface area (Å²) in [6.07, 6.45) is 2.45. The molecule has 2 fully saturated rings. The molecule has 1 aromatic carbocycles. The molecule has 3 heterocycles. The minimum atomic E-state index is -1.11. The number of aromatic nitrogens is 4. The van der Waals surface area contributed by atoms with E-state index < -0.39 is 12.2 Å². The van der Waals surface area contributed by atoms with E-state index in [9.17, 15) is 15.3 Å². The van der Waals surface area contributed by atoms with Gasteiger partial charge in [-0.05, 0) is 31.4 Å². The summed E-state index contributed by atoms with van der Waals surface area (Å²) in [4.78, 5) is 21.9. The smallest absolute Gasteiger partial charge is 0.404 e. The lowest BCUT2D eigenvalue weighted by Crippen LogP contribution is -2.54. The molecular formula is C23H23ClN10O3. The highest BCUT2D eigenvalue weighted by Gasteiger charge is 2.32. The van der Waals surface area contributed by atoms with Crippen LogP contribution in [-0.2, 0) is 4.74 Å². The van der Waals surface area contributed by atoms with Crippen LogP contribution in [0, 0.1) is 22.7 Å². The zero-order chi connectivity index (χ0) is 26.1. The van der Waals surface area contributed by atoms with E-state index in [4.69, 9.17) is 21.4 Å². The monoisotopic (exact) mass is 522 g/mol. The van der Waals surface area contributed by atoms with Gasteiger partial charge in [0.15, 0.2) is 17.2 Å². The van der Waals surface area contributed by atoms with Crippen molar-refractivity contribution in [2.75, 3.05) is 35.7 Å². The van der Waals surface area contributed by atoms with Crippen LogP contribution in [0.3, 0.4) is 0 Å². The van der Waals surface area contributed by atoms with Crippen LogP contribution in [0.25, 0.3) is 5.65 Å². The topological polar surface area (TPSA) is 177 Å². The van der Waals surface area contributed by atoms with Crippen LogP contribution in [-0.4, -0.2) is 69.2 Å². The lowest BCUT2D eigenvalue weighted by atomic mass is 10.0. The van der Waals surface area contributed by atoms with Gasteiger partial charge in [0.05, 0.1) is 46.4 Å². The molecule has 190 valence electrons. The normalized spacial score (nSPS) is 19.2. The number of amides is 1. The molecule has 0 radical (unpaired) electrons. The van der Waals surface area contributed by atoms with Gasteiger partial charge < -0.3 is 30.7 Å². The van der Waals surface area contributed by atoms with Gasteiger partial charge in [-0.25, -0.2) is 9.78 Å². The highest BCUT2D eigenvalue weighted by molar-refractivity contribution is 6.36. The number of anilines is 4. The first-order valence-electron chi connectivity index (χ1n) is 11.6. The third-order valence-corrected chi connectivity index (χ3v) is 6.73. The average molecular weight is 523 g/mol. The van der Waals surface area contributed by atoms with Gasteiger partial charge in [0.25, 0.3) is 0 Å². The Balaban J connectivity index is 1.48. The van der Waals surface area contributed by atoms with Crippen LogP contribution in [0.2, 0.25) is 5.02 Å². The van der Waals surface area contributed by atoms with E-state index in [1.54, 1.807) is 12.1 Å². The second kappa shape index (κ2) is 9.97. The van der Waals surface area contributed by atoms with Gasteiger partial charge >= 0.3 is 6.09 Å². The number of rotatable bonds is 7. The van der Waals surface area contributed by atoms with Crippen LogP contribution in [0.15, 0.2) is 18.3 Å². The summed E-state index contributed by atoms with van der Waals surface area (Å²) in [5.74, 6) is 0.664. The molecule has 2 atom stereocenters. The Morgan fingerprint density at radius 1 is 1.27 bits per heavy atom. The fourth-order valence-corrected chi connectivity index (χ4v) is 4.62. The predicted octanol–water partition coefficient (Wildman–Crippen LogP) is 2.70. The largest absolute Gasteiger partial charge is 0.465 e. The number of nitriles is 2. The van der Waals surface area contributed by atoms with Crippen LogP contribution < -0.4 is 20.9 Å². The number of piperidine rings is 1. The van der Waals surface area contributed by atoms with Crippen LogP contribution >= 0.6 is 11.6 Å². The Morgan fingerprint density at radius 2 is 2.08 bits per heavy atom. The van der Waals surface area contributed by atoms with Crippen molar-refractivity contribution in [3.8, 4) is 12.1 Å². The highest BCUT2D eigenvalue weighted by atomic mass is 35.5. The summed E-state index contributed by atoms with van der Waals surface area (Å²) in [7, 11) is 1.53. The molecule has 1 amide bonds. The highest BCUT2D eigenvalue weighted by Crippen LogP contribution is 2.37. The Hall–Kier alpha value is -4.33. The minimum Gasteiger partial charge on any atom is -0.465 e. The SMILES string of the molecule is CO[C@H]1CN(c2cc(C#N)cc(Nc3nc(NC4CC4)c4ncc(C#N)n4n3)c2Cl)CC[C@H]1NC(=O)O. The lowest BCUT2D eigenvalue weighted by molar-refractivity contribution is 0.0596. The zero-order valence-electron chi connectivity index (χ0n) is 19.8. The quantitative estimate of drug-likeness (QED) is 0.358. The first-order chi connectivity index (χ1) is 17.9. The Bertz CT molecular complexity index is 1440. The van der Waals surface area contributed by atoms with Crippen molar-refractivity contribution < 1.29 is 14.6 Å². The molecule has 13 nitrogen and oxygen atoms in total. The fraction of sp³-hybridized carbons (Fsp3) is 0.391. The van der Waals surface area contributed by atoms with Crippen LogP contribution in [0.5, 0.6) is 0 Å². The van der Waals surface area contributed by atoms with E-state index in [2.05, 4.69) is 43.2 Å². The first-order valence-corrected chi connectivity index (χ1v) is 12.0. The van der Waals surface area contributed by atoms with Crippen molar-refractivity contribution in [2.24, 2.45) is 0 Å². The van der Waals surface area contributed by atoms with E-state index in [1.807, 2.05) is 4.90 Å². The third-order valence-electron chi connectivity index (χ3n) is 6.34. The molecule has 1 saturated heterocycles. The average Bonchev–Trinajstić information content (AvgIpc) is 3.61. The Morgan fingerprint density at radius 3 is 2.76 bits per heavy atom. The number of ether oxygens (including phenoxy) is 1. The van der Waals surface area contributed by atoms with Gasteiger partial charge in [-0.3, -0.25) is 0 Å². The summed E-state index contributed by atoms with van der Waals surface area (Å²) in [5, 5.41) is 41.9. The van der Waals surface area contributed by atoms with Gasteiger partial charge in [0.2, 0.25) is 5.95 Å². The minimum absolute atomic E-state index is 0.173. The summed E-state index contributed by atoms with van der Waals surface area (Å²) in [6.45, 7) is 0.866. The van der Waals surface area contributed by atoms with Crippen molar-refractivity contribution in [3.63, 3.8) is 0 Å². The number of carbonyl (C=O) groups is 1. The molecular weight excluding hydrogens is 500 g/mol. The zero-order valence-corrected chi connectivity index (χ0v) is 20.5. The van der Waals surface area contributed by atoms with Crippen molar-refractivity contribution in [1.82, 2.24) is 24.9 Å². The van der Waals surface area contributed by atoms with E-state index in [-0.39, 0.29) is 23.7 Å². The molecule has 2 aliphatic rings. The molecule has 1 aliphatic heterocycles. The van der Waals surface area contributed by atoms with Gasteiger partial charge in [-0.15, -0.1) is 5.10 Å². The second-order valence-electron chi connectivity index (χ2n) is 8.85. The van der Waals surface area contributed by atoms with E-state index in [0.717, 1.165) is 12.8 Å². The number of benzene rings is 1. The number of imidazole rings is 1. The number of fused-ring (bicyclic) bond motifs is 1. The Labute approximate surface area is 216 Å². The predicted molar refractivity (Wildman–Crippen MR) is 134 cm³/mol. The molecule has 4 N–H and O–H groups in total. The molecule has 2 aromatic heterocycles. The van der Waals surface area contributed by atoms with E-state index in [1.165, 1.54) is 17.8 Å². The molecule has 0 unspecified atom stereocenters. The summed E-state index contributed by atoms with van der Waals surface area (Å²) in [6, 6.07) is 7.42. The third kappa shape index (κ3) is 5.00. The number of nitrogens with zero attached hydrogens (tertiary/aromatic N) is 7. The molecule has 3 aromatic rings. The van der Waals surface area contributed by atoms with Crippen LogP contribution in [0.4, 0.5) is 27.9 Å². The fourth-order valence-electron chi connectivity index (χ4n) is 4.34. The number of nitrogens with one attached hydrogen (secondary N) is 3. The molecule has 14 heteroatoms. The maximum atomic E-state index is 11.1. The summed E-state index contributed by atoms with van der Waals surface area (Å²) >= 11 is 6.82. The number of carboxylic acid groups (broad SMARTS) is 1. The number of hydrogen-bond acceptors (Lipinski definition) is 10. The maximum Gasteiger partial charge on any atom is 0.404 e.